The van der Waals surface area contributed by atoms with E-state index in [-0.39, 0.29) is 22.7 Å². The van der Waals surface area contributed by atoms with E-state index < -0.39 is 5.60 Å². The van der Waals surface area contributed by atoms with Gasteiger partial charge >= 0.3 is 0 Å². The Labute approximate surface area is 164 Å². The molecule has 0 aromatic carbocycles. The second kappa shape index (κ2) is 6.27. The van der Waals surface area contributed by atoms with Crippen molar-refractivity contribution < 1.29 is 14.7 Å². The van der Waals surface area contributed by atoms with Crippen molar-refractivity contribution in [2.45, 2.75) is 84.2 Å². The summed E-state index contributed by atoms with van der Waals surface area (Å²) < 4.78 is 0. The predicted octanol–water partition coefficient (Wildman–Crippen LogP) is 4.72. The summed E-state index contributed by atoms with van der Waals surface area (Å²) >= 11 is 0. The molecule has 3 nitrogen and oxygen atoms in total. The Bertz CT molecular complexity index is 669. The number of rotatable bonds is 3. The quantitative estimate of drug-likeness (QED) is 0.729. The Morgan fingerprint density at radius 2 is 1.96 bits per heavy atom. The monoisotopic (exact) mass is 372 g/mol. The highest BCUT2D eigenvalue weighted by atomic mass is 16.3. The molecule has 8 atom stereocenters. The van der Waals surface area contributed by atoms with Crippen LogP contribution in [0.3, 0.4) is 0 Å². The third-order valence-corrected chi connectivity index (χ3v) is 9.52. The number of carbonyl (C=O) groups is 2. The van der Waals surface area contributed by atoms with Crippen LogP contribution in [-0.4, -0.2) is 22.3 Å². The van der Waals surface area contributed by atoms with Crippen LogP contribution in [0.25, 0.3) is 0 Å². The van der Waals surface area contributed by atoms with Gasteiger partial charge in [-0.05, 0) is 86.4 Å². The summed E-state index contributed by atoms with van der Waals surface area (Å²) in [5, 5.41) is 12.1. The molecule has 4 saturated carbocycles. The van der Waals surface area contributed by atoms with Crippen LogP contribution in [0.5, 0.6) is 0 Å². The van der Waals surface area contributed by atoms with Gasteiger partial charge in [-0.25, -0.2) is 0 Å². The third-order valence-electron chi connectivity index (χ3n) is 9.52. The van der Waals surface area contributed by atoms with E-state index in [1.165, 1.54) is 0 Å². The molecule has 0 radical (unpaired) electrons. The van der Waals surface area contributed by atoms with Crippen molar-refractivity contribution in [1.82, 2.24) is 0 Å². The molecule has 4 aliphatic carbocycles. The van der Waals surface area contributed by atoms with Gasteiger partial charge in [0.2, 0.25) is 0 Å². The third kappa shape index (κ3) is 2.63. The fourth-order valence-electron chi connectivity index (χ4n) is 8.67. The Hall–Kier alpha value is -0.960. The summed E-state index contributed by atoms with van der Waals surface area (Å²) in [6.45, 7) is 10.3. The highest BCUT2D eigenvalue weighted by molar-refractivity contribution is 5.80. The van der Waals surface area contributed by atoms with Crippen molar-refractivity contribution in [3.8, 4) is 0 Å². The number of ketones is 2. The van der Waals surface area contributed by atoms with Gasteiger partial charge in [-0.15, -0.1) is 6.58 Å². The van der Waals surface area contributed by atoms with Crippen LogP contribution in [0.4, 0.5) is 0 Å². The summed E-state index contributed by atoms with van der Waals surface area (Å²) in [6.07, 6.45) is 9.74. The van der Waals surface area contributed by atoms with E-state index in [0.717, 1.165) is 32.1 Å². The van der Waals surface area contributed by atoms with Crippen LogP contribution in [0.2, 0.25) is 0 Å². The van der Waals surface area contributed by atoms with Gasteiger partial charge in [0, 0.05) is 18.8 Å². The minimum atomic E-state index is -0.802. The van der Waals surface area contributed by atoms with Gasteiger partial charge in [-0.3, -0.25) is 9.59 Å². The van der Waals surface area contributed by atoms with Crippen molar-refractivity contribution in [1.29, 1.82) is 0 Å². The second-order valence-corrected chi connectivity index (χ2v) is 10.8. The van der Waals surface area contributed by atoms with Gasteiger partial charge in [0.15, 0.2) is 0 Å². The molecule has 0 aromatic heterocycles. The summed E-state index contributed by atoms with van der Waals surface area (Å²) in [7, 11) is 0. The van der Waals surface area contributed by atoms with Crippen LogP contribution < -0.4 is 0 Å². The van der Waals surface area contributed by atoms with E-state index in [9.17, 15) is 14.7 Å². The largest absolute Gasteiger partial charge is 0.389 e. The highest BCUT2D eigenvalue weighted by Gasteiger charge is 2.67. The average Bonchev–Trinajstić information content (AvgIpc) is 2.91. The molecule has 1 N–H and O–H groups in total. The van der Waals surface area contributed by atoms with Gasteiger partial charge in [-0.1, -0.05) is 19.9 Å². The molecule has 4 aliphatic rings. The summed E-state index contributed by atoms with van der Waals surface area (Å²) in [5.74, 6) is 2.40. The number of hydrogen-bond acceptors (Lipinski definition) is 3. The Morgan fingerprint density at radius 1 is 1.22 bits per heavy atom. The number of fused-ring (bicyclic) bond motifs is 5. The fourth-order valence-corrected chi connectivity index (χ4v) is 8.67. The number of hydrogen-bond donors (Lipinski definition) is 1. The molecule has 3 heteroatoms. The fraction of sp³-hybridized carbons (Fsp3) is 0.833. The Morgan fingerprint density at radius 3 is 2.63 bits per heavy atom. The molecule has 0 bridgehead atoms. The van der Waals surface area contributed by atoms with Crippen molar-refractivity contribution in [2.75, 3.05) is 0 Å². The van der Waals surface area contributed by atoms with E-state index in [4.69, 9.17) is 0 Å². The maximum Gasteiger partial charge on any atom is 0.133 e. The van der Waals surface area contributed by atoms with Crippen LogP contribution >= 0.6 is 0 Å². The smallest absolute Gasteiger partial charge is 0.133 e. The molecular formula is C24H36O3. The molecule has 4 rings (SSSR count). The minimum absolute atomic E-state index is 0.0320. The number of aliphatic hydroxyl groups is 1. The lowest BCUT2D eigenvalue weighted by Crippen LogP contribution is -2.64. The predicted molar refractivity (Wildman–Crippen MR) is 106 cm³/mol. The molecule has 0 spiro atoms. The Kier molecular flexibility index (Phi) is 4.50. The molecule has 4 fully saturated rings. The summed E-state index contributed by atoms with van der Waals surface area (Å²) in [5.41, 5.74) is -0.869. The zero-order valence-corrected chi connectivity index (χ0v) is 17.3. The van der Waals surface area contributed by atoms with Gasteiger partial charge < -0.3 is 5.11 Å². The van der Waals surface area contributed by atoms with E-state index in [2.05, 4.69) is 20.4 Å². The van der Waals surface area contributed by atoms with Crippen LogP contribution in [0.1, 0.15) is 78.6 Å². The van der Waals surface area contributed by atoms with Crippen LogP contribution in [0, 0.1) is 40.4 Å². The highest BCUT2D eigenvalue weighted by Crippen LogP contribution is 2.70. The van der Waals surface area contributed by atoms with Crippen molar-refractivity contribution in [3.63, 3.8) is 0 Å². The van der Waals surface area contributed by atoms with Gasteiger partial charge in [0.05, 0.1) is 5.60 Å². The average molecular weight is 373 g/mol. The molecule has 0 heterocycles. The van der Waals surface area contributed by atoms with E-state index in [1.54, 1.807) is 6.92 Å². The topological polar surface area (TPSA) is 54.4 Å². The molecule has 27 heavy (non-hydrogen) atoms. The lowest BCUT2D eigenvalue weighted by atomic mass is 9.40. The zero-order valence-electron chi connectivity index (χ0n) is 17.3. The summed E-state index contributed by atoms with van der Waals surface area (Å²) in [6, 6.07) is 0. The molecule has 150 valence electrons. The lowest BCUT2D eigenvalue weighted by Gasteiger charge is -2.65. The van der Waals surface area contributed by atoms with Crippen LogP contribution in [-0.2, 0) is 9.59 Å². The number of Topliss-reactive ketones (excluding diaryl/α,β-unsaturated/α-hetero) is 2. The van der Waals surface area contributed by atoms with Crippen LogP contribution in [0.15, 0.2) is 12.7 Å². The van der Waals surface area contributed by atoms with Gasteiger partial charge in [0.1, 0.15) is 11.6 Å². The number of carbonyl (C=O) groups excluding carboxylic acids is 2. The molecule has 0 unspecified atom stereocenters. The van der Waals surface area contributed by atoms with Gasteiger partial charge in [0.25, 0.3) is 0 Å². The molecule has 0 saturated heterocycles. The SMILES string of the molecule is C=CC[C@]1(O)C[C@]2(C)[C@@H](C(C)=O)CC[C@H]2[C@@H]2CC[C@@H]3CC(=O)CC[C@]3(C)[C@H]21. The Balaban J connectivity index is 1.79. The van der Waals surface area contributed by atoms with E-state index in [0.29, 0.717) is 55.0 Å². The van der Waals surface area contributed by atoms with E-state index in [1.807, 2.05) is 6.08 Å². The zero-order chi connectivity index (χ0) is 19.6. The molecular weight excluding hydrogens is 336 g/mol. The second-order valence-electron chi connectivity index (χ2n) is 10.8. The molecule has 0 aliphatic heterocycles. The minimum Gasteiger partial charge on any atom is -0.389 e. The first-order valence-electron chi connectivity index (χ1n) is 11.0. The van der Waals surface area contributed by atoms with Crippen molar-refractivity contribution in [3.05, 3.63) is 12.7 Å². The summed E-state index contributed by atoms with van der Waals surface area (Å²) in [4.78, 5) is 24.6. The lowest BCUT2D eigenvalue weighted by molar-refractivity contribution is -0.218. The first-order chi connectivity index (χ1) is 12.7. The van der Waals surface area contributed by atoms with E-state index >= 15 is 0 Å². The normalized spacial score (nSPS) is 51.9. The maximum absolute atomic E-state index is 12.4. The first-order valence-corrected chi connectivity index (χ1v) is 11.0. The molecule has 0 aromatic rings. The van der Waals surface area contributed by atoms with Gasteiger partial charge in [-0.2, -0.15) is 0 Å². The maximum atomic E-state index is 12.4. The van der Waals surface area contributed by atoms with Crippen molar-refractivity contribution >= 4 is 11.6 Å². The first kappa shape index (κ1) is 19.4. The standard InChI is InChI=1S/C24H36O3/c1-5-11-24(27)14-23(4)19(15(2)25)8-9-20(23)18-7-6-16-13-17(26)10-12-22(16,3)21(18)24/h5,16,18-21,27H,1,6-14H2,2-4H3/t16-,18+,19-,20+,21+,22+,23-,24+/m1/s1. The molecule has 0 amide bonds. The van der Waals surface area contributed by atoms with Crippen molar-refractivity contribution in [2.24, 2.45) is 40.4 Å².